The molecule has 3 fully saturated rings. The second kappa shape index (κ2) is 12.4. The maximum absolute atomic E-state index is 14.8. The highest BCUT2D eigenvalue weighted by molar-refractivity contribution is 6.08. The number of carbonyl (C=O) groups is 1. The van der Waals surface area contributed by atoms with Gasteiger partial charge in [0.25, 0.3) is 5.91 Å². The number of piperidine rings is 1. The Balaban J connectivity index is 1.27. The van der Waals surface area contributed by atoms with Gasteiger partial charge in [0, 0.05) is 43.5 Å². The van der Waals surface area contributed by atoms with Gasteiger partial charge in [0.15, 0.2) is 0 Å². The van der Waals surface area contributed by atoms with E-state index in [-0.39, 0.29) is 23.7 Å². The molecule has 7 rings (SSSR count). The maximum atomic E-state index is 14.8. The first-order valence-electron chi connectivity index (χ1n) is 16.1. The number of aromatic nitrogens is 1. The third-order valence-electron chi connectivity index (χ3n) is 9.77. The first kappa shape index (κ1) is 28.5. The number of fused-ring (bicyclic) bond motifs is 1. The molecular formula is C37H38FN5O. The topological polar surface area (TPSA) is 63.5 Å². The van der Waals surface area contributed by atoms with Crippen LogP contribution in [0.2, 0.25) is 0 Å². The van der Waals surface area contributed by atoms with Crippen LogP contribution in [0.15, 0.2) is 72.8 Å². The molecule has 4 aromatic rings. The van der Waals surface area contributed by atoms with Gasteiger partial charge in [-0.1, -0.05) is 36.4 Å². The van der Waals surface area contributed by atoms with E-state index < -0.39 is 0 Å². The smallest absolute Gasteiger partial charge is 0.254 e. The van der Waals surface area contributed by atoms with Crippen LogP contribution in [-0.2, 0) is 0 Å². The van der Waals surface area contributed by atoms with Crippen molar-refractivity contribution in [2.45, 2.75) is 50.5 Å². The predicted octanol–water partition coefficient (Wildman–Crippen LogP) is 7.00. The van der Waals surface area contributed by atoms with Crippen LogP contribution < -0.4 is 4.90 Å². The Kier molecular flexibility index (Phi) is 8.01. The molecule has 0 spiro atoms. The number of carbonyl (C=O) groups excluding carboxylic acids is 1. The molecule has 7 heteroatoms. The molecule has 3 saturated heterocycles. The summed E-state index contributed by atoms with van der Waals surface area (Å²) in [6.07, 6.45) is 6.39. The summed E-state index contributed by atoms with van der Waals surface area (Å²) >= 11 is 0. The third kappa shape index (κ3) is 5.67. The summed E-state index contributed by atoms with van der Waals surface area (Å²) in [6.45, 7) is 5.43. The fourth-order valence-corrected chi connectivity index (χ4v) is 7.42. The molecule has 0 saturated carbocycles. The molecule has 224 valence electrons. The minimum atomic E-state index is -0.157. The predicted molar refractivity (Wildman–Crippen MR) is 172 cm³/mol. The Hall–Kier alpha value is -4.28. The average Bonchev–Trinajstić information content (AvgIpc) is 3.77. The van der Waals surface area contributed by atoms with Crippen molar-refractivity contribution in [1.29, 1.82) is 5.26 Å². The minimum Gasteiger partial charge on any atom is -0.356 e. The summed E-state index contributed by atoms with van der Waals surface area (Å²) in [5, 5.41) is 10.1. The Morgan fingerprint density at radius 3 is 2.45 bits per heavy atom. The molecule has 6 nitrogen and oxygen atoms in total. The number of anilines is 1. The number of rotatable bonds is 6. The molecule has 0 radical (unpaired) electrons. The molecule has 4 heterocycles. The summed E-state index contributed by atoms with van der Waals surface area (Å²) in [7, 11) is 0. The van der Waals surface area contributed by atoms with Crippen molar-refractivity contribution >= 4 is 22.6 Å². The summed E-state index contributed by atoms with van der Waals surface area (Å²) in [6, 6.07) is 25.1. The van der Waals surface area contributed by atoms with Crippen LogP contribution in [0.1, 0.15) is 65.9 Å². The monoisotopic (exact) mass is 587 g/mol. The number of halogens is 1. The average molecular weight is 588 g/mol. The van der Waals surface area contributed by atoms with Crippen molar-refractivity contribution in [2.75, 3.05) is 44.2 Å². The number of hydrogen-bond acceptors (Lipinski definition) is 5. The van der Waals surface area contributed by atoms with Crippen LogP contribution in [-0.4, -0.2) is 66.0 Å². The fourth-order valence-electron chi connectivity index (χ4n) is 7.42. The molecule has 1 amide bonds. The van der Waals surface area contributed by atoms with Crippen molar-refractivity contribution in [1.82, 2.24) is 14.8 Å². The molecule has 1 unspecified atom stereocenters. The standard InChI is InChI=1S/C37H38FN5O/c38-34-10-2-1-9-31(34)29-7-5-19-42(24-29)36-22-33(37(44)43-20-6-8-30(43)25-41-17-3-4-18-41)32-21-28(15-16-35(32)40-36)27-13-11-26(23-39)12-14-27/h1-2,9-16,21-22,29-30H,3-8,17-20,24-25H2/t29?,30-/m0/s1. The molecule has 1 aromatic heterocycles. The van der Waals surface area contributed by atoms with Crippen molar-refractivity contribution in [2.24, 2.45) is 0 Å². The van der Waals surface area contributed by atoms with Gasteiger partial charge in [0.05, 0.1) is 22.7 Å². The van der Waals surface area contributed by atoms with Crippen molar-refractivity contribution in [3.63, 3.8) is 0 Å². The van der Waals surface area contributed by atoms with Crippen molar-refractivity contribution in [3.05, 3.63) is 95.3 Å². The quantitative estimate of drug-likeness (QED) is 0.243. The van der Waals surface area contributed by atoms with E-state index in [0.29, 0.717) is 17.7 Å². The number of benzene rings is 3. The van der Waals surface area contributed by atoms with E-state index in [2.05, 4.69) is 26.8 Å². The van der Waals surface area contributed by atoms with Crippen LogP contribution in [0.4, 0.5) is 10.2 Å². The molecule has 3 aromatic carbocycles. The van der Waals surface area contributed by atoms with E-state index in [9.17, 15) is 14.4 Å². The lowest BCUT2D eigenvalue weighted by molar-refractivity contribution is 0.0710. The molecule has 0 aliphatic carbocycles. The lowest BCUT2D eigenvalue weighted by Gasteiger charge is -2.34. The largest absolute Gasteiger partial charge is 0.356 e. The first-order valence-corrected chi connectivity index (χ1v) is 16.1. The van der Waals surface area contributed by atoms with Gasteiger partial charge >= 0.3 is 0 Å². The highest BCUT2D eigenvalue weighted by Gasteiger charge is 2.33. The maximum Gasteiger partial charge on any atom is 0.254 e. The lowest BCUT2D eigenvalue weighted by atomic mass is 9.90. The van der Waals surface area contributed by atoms with Crippen molar-refractivity contribution < 1.29 is 9.18 Å². The zero-order chi connectivity index (χ0) is 30.0. The lowest BCUT2D eigenvalue weighted by Crippen LogP contribution is -2.42. The van der Waals surface area contributed by atoms with E-state index >= 15 is 0 Å². The Bertz CT molecular complexity index is 1710. The van der Waals surface area contributed by atoms with E-state index in [1.54, 1.807) is 12.1 Å². The van der Waals surface area contributed by atoms with Gasteiger partial charge in [-0.3, -0.25) is 4.79 Å². The zero-order valence-electron chi connectivity index (χ0n) is 25.1. The summed E-state index contributed by atoms with van der Waals surface area (Å²) in [4.78, 5) is 26.5. The SMILES string of the molecule is N#Cc1ccc(-c2ccc3nc(N4CCCC(c5ccccc5F)C4)cc(C(=O)N4CCC[C@H]4CN4CCCC4)c3c2)cc1. The van der Waals surface area contributed by atoms with E-state index in [1.165, 1.54) is 12.8 Å². The number of pyridine rings is 1. The molecule has 2 atom stereocenters. The van der Waals surface area contributed by atoms with Gasteiger partial charge < -0.3 is 14.7 Å². The molecule has 44 heavy (non-hydrogen) atoms. The first-order chi connectivity index (χ1) is 21.6. The van der Waals surface area contributed by atoms with Crippen molar-refractivity contribution in [3.8, 4) is 17.2 Å². The summed E-state index contributed by atoms with van der Waals surface area (Å²) in [5.41, 5.74) is 4.81. The summed E-state index contributed by atoms with van der Waals surface area (Å²) in [5.74, 6) is 0.766. The molecule has 3 aliphatic heterocycles. The van der Waals surface area contributed by atoms with Crippen LogP contribution in [0.3, 0.4) is 0 Å². The zero-order valence-corrected chi connectivity index (χ0v) is 25.1. The van der Waals surface area contributed by atoms with Crippen LogP contribution in [0.5, 0.6) is 0 Å². The normalized spacial score (nSPS) is 20.7. The number of nitriles is 1. The third-order valence-corrected chi connectivity index (χ3v) is 9.77. The van der Waals surface area contributed by atoms with Crippen LogP contribution in [0.25, 0.3) is 22.0 Å². The number of amides is 1. The van der Waals surface area contributed by atoms with Crippen LogP contribution >= 0.6 is 0 Å². The molecular weight excluding hydrogens is 549 g/mol. The van der Waals surface area contributed by atoms with Gasteiger partial charge in [0.1, 0.15) is 11.6 Å². The number of likely N-dealkylation sites (tertiary alicyclic amines) is 2. The van der Waals surface area contributed by atoms with Gasteiger partial charge in [0.2, 0.25) is 0 Å². The Morgan fingerprint density at radius 2 is 1.66 bits per heavy atom. The van der Waals surface area contributed by atoms with Gasteiger partial charge in [-0.2, -0.15) is 5.26 Å². The second-order valence-electron chi connectivity index (χ2n) is 12.6. The van der Waals surface area contributed by atoms with E-state index in [4.69, 9.17) is 4.98 Å². The molecule has 0 N–H and O–H groups in total. The van der Waals surface area contributed by atoms with E-state index in [1.807, 2.05) is 54.6 Å². The minimum absolute atomic E-state index is 0.0694. The number of nitrogens with zero attached hydrogens (tertiary/aromatic N) is 5. The van der Waals surface area contributed by atoms with Gasteiger partial charge in [-0.25, -0.2) is 9.37 Å². The van der Waals surface area contributed by atoms with Gasteiger partial charge in [-0.05, 0) is 105 Å². The Morgan fingerprint density at radius 1 is 0.886 bits per heavy atom. The highest BCUT2D eigenvalue weighted by Crippen LogP contribution is 2.35. The molecule has 3 aliphatic rings. The second-order valence-corrected chi connectivity index (χ2v) is 12.6. The van der Waals surface area contributed by atoms with E-state index in [0.717, 1.165) is 91.8 Å². The fraction of sp³-hybridized carbons (Fsp3) is 0.378. The van der Waals surface area contributed by atoms with Crippen LogP contribution in [0, 0.1) is 17.1 Å². The van der Waals surface area contributed by atoms with Gasteiger partial charge in [-0.15, -0.1) is 0 Å². The number of hydrogen-bond donors (Lipinski definition) is 0. The summed E-state index contributed by atoms with van der Waals surface area (Å²) < 4.78 is 14.8. The highest BCUT2D eigenvalue weighted by atomic mass is 19.1. The molecule has 0 bridgehead atoms. The Labute approximate surface area is 258 Å².